The molecule has 0 fully saturated rings. The van der Waals surface area contributed by atoms with Crippen LogP contribution in [0, 0.1) is 0 Å². The Balaban J connectivity index is 1.67. The summed E-state index contributed by atoms with van der Waals surface area (Å²) in [7, 11) is 0. The Labute approximate surface area is 231 Å². The summed E-state index contributed by atoms with van der Waals surface area (Å²) in [5, 5.41) is 4.87. The highest BCUT2D eigenvalue weighted by Crippen LogP contribution is 2.48. The van der Waals surface area contributed by atoms with E-state index in [9.17, 15) is 0 Å². The molecule has 3 heteroatoms. The lowest BCUT2D eigenvalue weighted by Gasteiger charge is -2.37. The van der Waals surface area contributed by atoms with Gasteiger partial charge in [-0.2, -0.15) is 4.57 Å². The van der Waals surface area contributed by atoms with E-state index in [1.54, 1.807) is 0 Å². The third kappa shape index (κ3) is 2.59. The van der Waals surface area contributed by atoms with Gasteiger partial charge in [-0.25, -0.2) is 4.98 Å². The number of nitrogens with zero attached hydrogens (tertiary/aromatic N) is 3. The number of fused-ring (bicyclic) bond motifs is 9. The predicted molar refractivity (Wildman–Crippen MR) is 162 cm³/mol. The van der Waals surface area contributed by atoms with E-state index in [1.807, 2.05) is 0 Å². The van der Waals surface area contributed by atoms with Crippen LogP contribution in [0.1, 0.15) is 11.1 Å². The SMILES string of the molecule is c1ccc(C2(c3ccccc3)n3c4ccccc4c4c5ccccc5nc(c43)-c3ccc4ccccc4[n+]32)cc1. The number of hydrogen-bond donors (Lipinski definition) is 0. The van der Waals surface area contributed by atoms with Gasteiger partial charge in [0.1, 0.15) is 0 Å². The first-order valence-electron chi connectivity index (χ1n) is 13.8. The molecule has 0 N–H and O–H groups in total. The fourth-order valence-electron chi connectivity index (χ4n) is 7.07. The first-order valence-corrected chi connectivity index (χ1v) is 13.8. The molecule has 0 amide bonds. The van der Waals surface area contributed by atoms with Crippen molar-refractivity contribution in [1.29, 1.82) is 0 Å². The van der Waals surface area contributed by atoms with Crippen molar-refractivity contribution in [3.63, 3.8) is 0 Å². The van der Waals surface area contributed by atoms with Gasteiger partial charge in [-0.3, -0.25) is 4.57 Å². The van der Waals surface area contributed by atoms with Gasteiger partial charge in [-0.15, -0.1) is 0 Å². The summed E-state index contributed by atoms with van der Waals surface area (Å²) < 4.78 is 5.10. The first-order chi connectivity index (χ1) is 19.9. The first kappa shape index (κ1) is 21.6. The van der Waals surface area contributed by atoms with Crippen molar-refractivity contribution in [1.82, 2.24) is 9.55 Å². The van der Waals surface area contributed by atoms with E-state index in [2.05, 4.69) is 155 Å². The van der Waals surface area contributed by atoms with E-state index in [4.69, 9.17) is 4.98 Å². The summed E-state index contributed by atoms with van der Waals surface area (Å²) in [6.45, 7) is 0. The summed E-state index contributed by atoms with van der Waals surface area (Å²) in [5.74, 6) is 0. The van der Waals surface area contributed by atoms with Crippen molar-refractivity contribution in [3.05, 3.63) is 157 Å². The van der Waals surface area contributed by atoms with E-state index in [-0.39, 0.29) is 0 Å². The second-order valence-electron chi connectivity index (χ2n) is 10.6. The normalized spacial score (nSPS) is 13.7. The molecule has 0 spiro atoms. The summed E-state index contributed by atoms with van der Waals surface area (Å²) in [6.07, 6.45) is 0. The monoisotopic (exact) mass is 510 g/mol. The quantitative estimate of drug-likeness (QED) is 0.216. The average Bonchev–Trinajstić information content (AvgIpc) is 3.39. The Bertz CT molecular complexity index is 2220. The molecule has 0 saturated heterocycles. The molecule has 0 atom stereocenters. The van der Waals surface area contributed by atoms with Gasteiger partial charge in [0.25, 0.3) is 0 Å². The highest BCUT2D eigenvalue weighted by atomic mass is 15.3. The van der Waals surface area contributed by atoms with Crippen molar-refractivity contribution in [2.24, 2.45) is 0 Å². The zero-order valence-corrected chi connectivity index (χ0v) is 21.7. The number of para-hydroxylation sites is 3. The molecule has 0 aliphatic carbocycles. The van der Waals surface area contributed by atoms with E-state index in [0.717, 1.165) is 16.9 Å². The maximum absolute atomic E-state index is 5.39. The van der Waals surface area contributed by atoms with Crippen LogP contribution in [0.2, 0.25) is 0 Å². The minimum absolute atomic E-state index is 0.697. The molecule has 1 aliphatic heterocycles. The van der Waals surface area contributed by atoms with Gasteiger partial charge >= 0.3 is 5.66 Å². The zero-order valence-electron chi connectivity index (χ0n) is 21.7. The van der Waals surface area contributed by atoms with Gasteiger partial charge < -0.3 is 0 Å². The van der Waals surface area contributed by atoms with Crippen LogP contribution < -0.4 is 4.57 Å². The van der Waals surface area contributed by atoms with Gasteiger partial charge in [0, 0.05) is 33.7 Å². The van der Waals surface area contributed by atoms with Crippen LogP contribution in [-0.2, 0) is 5.66 Å². The third-order valence-corrected chi connectivity index (χ3v) is 8.59. The maximum Gasteiger partial charge on any atom is 0.301 e. The number of pyridine rings is 2. The molecule has 0 saturated carbocycles. The zero-order chi connectivity index (χ0) is 26.3. The molecule has 1 aliphatic rings. The van der Waals surface area contributed by atoms with E-state index >= 15 is 0 Å². The maximum atomic E-state index is 5.39. The van der Waals surface area contributed by atoms with E-state index < -0.39 is 5.66 Å². The summed E-state index contributed by atoms with van der Waals surface area (Å²) in [5.41, 5.74) is 8.36. The molecular weight excluding hydrogens is 486 g/mol. The second kappa shape index (κ2) is 7.87. The van der Waals surface area contributed by atoms with Crippen LogP contribution in [0.15, 0.2) is 146 Å². The van der Waals surface area contributed by atoms with Gasteiger partial charge in [0.15, 0.2) is 5.69 Å². The second-order valence-corrected chi connectivity index (χ2v) is 10.6. The lowest BCUT2D eigenvalue weighted by atomic mass is 9.86. The van der Waals surface area contributed by atoms with Crippen LogP contribution in [-0.4, -0.2) is 9.55 Å². The van der Waals surface area contributed by atoms with Crippen molar-refractivity contribution < 1.29 is 4.57 Å². The van der Waals surface area contributed by atoms with Crippen LogP contribution in [0.4, 0.5) is 0 Å². The molecule has 4 heterocycles. The van der Waals surface area contributed by atoms with E-state index in [1.165, 1.54) is 49.2 Å². The Morgan fingerprint density at radius 3 is 1.95 bits per heavy atom. The van der Waals surface area contributed by atoms with Crippen LogP contribution in [0.25, 0.3) is 55.0 Å². The molecular formula is C37H24N3+. The standard InChI is InChI=1S/C37H24N3/c1-3-14-26(15-4-1)37(27-16-5-2-6-17-27)39-31-21-11-7-13-25(31)23-24-33(39)35-36-34(28-18-8-10-20-30(28)38-35)29-19-9-12-22-32(29)40(36)37/h1-24H/q+1. The molecule has 9 rings (SSSR count). The smallest absolute Gasteiger partial charge is 0.269 e. The fraction of sp³-hybridized carbons (Fsp3) is 0.0270. The molecule has 3 aromatic heterocycles. The van der Waals surface area contributed by atoms with Gasteiger partial charge in [-0.05, 0) is 48.5 Å². The molecule has 0 radical (unpaired) electrons. The Hall–Kier alpha value is -5.28. The lowest BCUT2D eigenvalue weighted by molar-refractivity contribution is -0.717. The van der Waals surface area contributed by atoms with Crippen LogP contribution in [0.5, 0.6) is 0 Å². The molecule has 3 nitrogen and oxygen atoms in total. The van der Waals surface area contributed by atoms with Gasteiger partial charge in [0.05, 0.1) is 27.7 Å². The van der Waals surface area contributed by atoms with Gasteiger partial charge in [0.2, 0.25) is 11.2 Å². The van der Waals surface area contributed by atoms with Gasteiger partial charge in [-0.1, -0.05) is 84.9 Å². The summed E-state index contributed by atoms with van der Waals surface area (Å²) in [4.78, 5) is 5.39. The minimum atomic E-state index is -0.697. The topological polar surface area (TPSA) is 21.7 Å². The summed E-state index contributed by atoms with van der Waals surface area (Å²) >= 11 is 0. The number of aromatic nitrogens is 3. The predicted octanol–water partition coefficient (Wildman–Crippen LogP) is 8.06. The largest absolute Gasteiger partial charge is 0.301 e. The van der Waals surface area contributed by atoms with Crippen molar-refractivity contribution in [3.8, 4) is 11.4 Å². The van der Waals surface area contributed by atoms with E-state index in [0.29, 0.717) is 0 Å². The average molecular weight is 511 g/mol. The number of benzene rings is 5. The highest BCUT2D eigenvalue weighted by Gasteiger charge is 2.54. The molecule has 5 aromatic carbocycles. The van der Waals surface area contributed by atoms with Crippen molar-refractivity contribution in [2.75, 3.05) is 0 Å². The van der Waals surface area contributed by atoms with Crippen molar-refractivity contribution >= 4 is 43.6 Å². The number of rotatable bonds is 2. The lowest BCUT2D eigenvalue weighted by Crippen LogP contribution is -2.65. The molecule has 0 unspecified atom stereocenters. The minimum Gasteiger partial charge on any atom is -0.269 e. The molecule has 40 heavy (non-hydrogen) atoms. The fourth-order valence-corrected chi connectivity index (χ4v) is 7.07. The molecule has 0 bridgehead atoms. The van der Waals surface area contributed by atoms with Crippen LogP contribution >= 0.6 is 0 Å². The van der Waals surface area contributed by atoms with Crippen LogP contribution in [0.3, 0.4) is 0 Å². The Morgan fingerprint density at radius 2 is 1.18 bits per heavy atom. The summed E-state index contributed by atoms with van der Waals surface area (Å²) in [6, 6.07) is 52.5. The Morgan fingerprint density at radius 1 is 0.550 bits per heavy atom. The number of hydrogen-bond acceptors (Lipinski definition) is 1. The third-order valence-electron chi connectivity index (χ3n) is 8.59. The molecule has 8 aromatic rings. The van der Waals surface area contributed by atoms with Crippen molar-refractivity contribution in [2.45, 2.75) is 5.66 Å². The Kier molecular flexibility index (Phi) is 4.26. The highest BCUT2D eigenvalue weighted by molar-refractivity contribution is 6.23. The molecule has 186 valence electrons.